The molecule has 0 aromatic carbocycles. The largest absolute Gasteiger partial charge is 0.469 e. The molecule has 0 fully saturated rings. The Labute approximate surface area is 79.0 Å². The summed E-state index contributed by atoms with van der Waals surface area (Å²) in [7, 11) is -4.25. The molecule has 0 aliphatic rings. The maximum Gasteiger partial charge on any atom is 0.469 e. The molecule has 0 bridgehead atoms. The molecule has 5 nitrogen and oxygen atoms in total. The van der Waals surface area contributed by atoms with Crippen LogP contribution in [0.1, 0.15) is 13.8 Å². The quantitative estimate of drug-likeness (QED) is 0.465. The van der Waals surface area contributed by atoms with Gasteiger partial charge in [0.1, 0.15) is 0 Å². The lowest BCUT2D eigenvalue weighted by molar-refractivity contribution is 0.216. The van der Waals surface area contributed by atoms with Gasteiger partial charge >= 0.3 is 7.82 Å². The standard InChI is InChI=1S/C4H11N.C3H7O4P/c1-3-5-4-2;1-2-3-7-8(4,5)6/h5H,3-4H2,1-2H3;2H,1,3H2,(H2,4,5,6). The van der Waals surface area contributed by atoms with E-state index in [0.29, 0.717) is 0 Å². The predicted molar refractivity (Wildman–Crippen MR) is 52.4 cm³/mol. The van der Waals surface area contributed by atoms with E-state index in [4.69, 9.17) is 9.79 Å². The molecule has 0 aliphatic carbocycles. The molecule has 0 saturated carbocycles. The first-order valence-corrected chi connectivity index (χ1v) is 5.52. The van der Waals surface area contributed by atoms with Gasteiger partial charge in [0.2, 0.25) is 0 Å². The van der Waals surface area contributed by atoms with Gasteiger partial charge in [0.25, 0.3) is 0 Å². The van der Waals surface area contributed by atoms with Gasteiger partial charge in [0, 0.05) is 0 Å². The Morgan fingerprint density at radius 2 is 1.92 bits per heavy atom. The molecule has 13 heavy (non-hydrogen) atoms. The van der Waals surface area contributed by atoms with Crippen LogP contribution in [0.15, 0.2) is 12.7 Å². The first-order valence-electron chi connectivity index (χ1n) is 3.99. The first kappa shape index (κ1) is 15.3. The molecule has 0 rings (SSSR count). The van der Waals surface area contributed by atoms with Crippen molar-refractivity contribution in [1.29, 1.82) is 0 Å². The fourth-order valence-corrected chi connectivity index (χ4v) is 0.699. The Balaban J connectivity index is 0. The van der Waals surface area contributed by atoms with E-state index in [1.165, 1.54) is 6.08 Å². The molecule has 0 saturated heterocycles. The summed E-state index contributed by atoms with van der Waals surface area (Å²) in [5, 5.41) is 3.11. The SMILES string of the molecule is C=CCOP(=O)(O)O.CCNCC. The van der Waals surface area contributed by atoms with E-state index in [1.54, 1.807) is 0 Å². The lowest BCUT2D eigenvalue weighted by atomic mass is 10.7. The van der Waals surface area contributed by atoms with Crippen molar-refractivity contribution in [2.24, 2.45) is 0 Å². The molecule has 0 aromatic heterocycles. The Morgan fingerprint density at radius 1 is 1.46 bits per heavy atom. The highest BCUT2D eigenvalue weighted by molar-refractivity contribution is 7.46. The predicted octanol–water partition coefficient (Wildman–Crippen LogP) is 0.897. The van der Waals surface area contributed by atoms with Gasteiger partial charge in [-0.15, -0.1) is 6.58 Å². The van der Waals surface area contributed by atoms with Gasteiger partial charge in [0.05, 0.1) is 6.61 Å². The summed E-state index contributed by atoms with van der Waals surface area (Å²) < 4.78 is 13.7. The fourth-order valence-electron chi connectivity index (χ4n) is 0.400. The summed E-state index contributed by atoms with van der Waals surface area (Å²) in [5.74, 6) is 0. The van der Waals surface area contributed by atoms with E-state index in [2.05, 4.69) is 30.3 Å². The monoisotopic (exact) mass is 211 g/mol. The Hall–Kier alpha value is -0.190. The number of phosphoric acid groups is 1. The lowest BCUT2D eigenvalue weighted by Gasteiger charge is -1.98. The molecule has 0 amide bonds. The summed E-state index contributed by atoms with van der Waals surface area (Å²) in [6.45, 7) is 9.46. The van der Waals surface area contributed by atoms with Crippen molar-refractivity contribution in [3.63, 3.8) is 0 Å². The number of nitrogens with one attached hydrogen (secondary N) is 1. The third-order valence-corrected chi connectivity index (χ3v) is 1.35. The summed E-state index contributed by atoms with van der Waals surface area (Å²) in [5.41, 5.74) is 0. The van der Waals surface area contributed by atoms with Crippen molar-refractivity contribution >= 4 is 7.82 Å². The van der Waals surface area contributed by atoms with Crippen molar-refractivity contribution in [3.8, 4) is 0 Å². The highest BCUT2D eigenvalue weighted by atomic mass is 31.2. The maximum absolute atomic E-state index is 9.81. The highest BCUT2D eigenvalue weighted by Gasteiger charge is 2.10. The van der Waals surface area contributed by atoms with Crippen molar-refractivity contribution in [2.75, 3.05) is 19.7 Å². The van der Waals surface area contributed by atoms with Crippen LogP contribution in [0, 0.1) is 0 Å². The lowest BCUT2D eigenvalue weighted by Crippen LogP contribution is -2.09. The molecule has 0 radical (unpaired) electrons. The summed E-state index contributed by atoms with van der Waals surface area (Å²) in [6.07, 6.45) is 1.26. The zero-order valence-electron chi connectivity index (χ0n) is 8.06. The molecule has 80 valence electrons. The van der Waals surface area contributed by atoms with Crippen molar-refractivity contribution in [1.82, 2.24) is 5.32 Å². The van der Waals surface area contributed by atoms with E-state index in [-0.39, 0.29) is 6.61 Å². The van der Waals surface area contributed by atoms with Gasteiger partial charge in [-0.25, -0.2) is 4.57 Å². The van der Waals surface area contributed by atoms with Crippen LogP contribution in [0.3, 0.4) is 0 Å². The second kappa shape index (κ2) is 9.89. The van der Waals surface area contributed by atoms with Gasteiger partial charge < -0.3 is 15.1 Å². The normalized spacial score (nSPS) is 10.2. The van der Waals surface area contributed by atoms with Gasteiger partial charge in [-0.3, -0.25) is 4.52 Å². The van der Waals surface area contributed by atoms with Crippen LogP contribution < -0.4 is 5.32 Å². The van der Waals surface area contributed by atoms with Crippen LogP contribution in [0.25, 0.3) is 0 Å². The van der Waals surface area contributed by atoms with Crippen LogP contribution in [0.5, 0.6) is 0 Å². The van der Waals surface area contributed by atoms with Crippen LogP contribution >= 0.6 is 7.82 Å². The molecule has 0 spiro atoms. The van der Waals surface area contributed by atoms with Crippen LogP contribution in [0.2, 0.25) is 0 Å². The highest BCUT2D eigenvalue weighted by Crippen LogP contribution is 2.35. The van der Waals surface area contributed by atoms with E-state index in [0.717, 1.165) is 13.1 Å². The number of rotatable bonds is 5. The van der Waals surface area contributed by atoms with Crippen LogP contribution in [0.4, 0.5) is 0 Å². The number of phosphoric ester groups is 1. The third-order valence-electron chi connectivity index (χ3n) is 0.861. The maximum atomic E-state index is 9.81. The second-order valence-corrected chi connectivity index (χ2v) is 3.27. The minimum Gasteiger partial charge on any atom is -0.317 e. The Bertz CT molecular complexity index is 155. The van der Waals surface area contributed by atoms with E-state index in [1.807, 2.05) is 0 Å². The molecule has 0 aliphatic heterocycles. The average Bonchev–Trinajstić information content (AvgIpc) is 2.02. The van der Waals surface area contributed by atoms with Crippen LogP contribution in [-0.4, -0.2) is 29.5 Å². The third kappa shape index (κ3) is 24.5. The van der Waals surface area contributed by atoms with Gasteiger partial charge in [-0.2, -0.15) is 0 Å². The minimum atomic E-state index is -4.25. The van der Waals surface area contributed by atoms with Crippen LogP contribution in [-0.2, 0) is 9.09 Å². The summed E-state index contributed by atoms with van der Waals surface area (Å²) in [6, 6.07) is 0. The molecule has 3 N–H and O–H groups in total. The zero-order valence-corrected chi connectivity index (χ0v) is 8.96. The van der Waals surface area contributed by atoms with Gasteiger partial charge in [-0.1, -0.05) is 19.9 Å². The minimum absolute atomic E-state index is 0.121. The van der Waals surface area contributed by atoms with Crippen molar-refractivity contribution < 1.29 is 18.9 Å². The molecule has 0 atom stereocenters. The number of hydrogen-bond donors (Lipinski definition) is 3. The molecule has 0 heterocycles. The topological polar surface area (TPSA) is 78.8 Å². The Morgan fingerprint density at radius 3 is 2.00 bits per heavy atom. The summed E-state index contributed by atoms with van der Waals surface area (Å²) in [4.78, 5) is 16.0. The fraction of sp³-hybridized carbons (Fsp3) is 0.714. The van der Waals surface area contributed by atoms with Gasteiger partial charge in [-0.05, 0) is 13.1 Å². The van der Waals surface area contributed by atoms with Gasteiger partial charge in [0.15, 0.2) is 0 Å². The van der Waals surface area contributed by atoms with Crippen molar-refractivity contribution in [3.05, 3.63) is 12.7 Å². The molecular weight excluding hydrogens is 193 g/mol. The zero-order chi connectivity index (χ0) is 10.7. The molecule has 0 unspecified atom stereocenters. The Kier molecular flexibility index (Phi) is 11.6. The van der Waals surface area contributed by atoms with E-state index < -0.39 is 7.82 Å². The second-order valence-electron chi connectivity index (χ2n) is 2.03. The molecule has 0 aromatic rings. The average molecular weight is 211 g/mol. The first-order chi connectivity index (χ1) is 5.97. The molecule has 6 heteroatoms. The summed E-state index contributed by atoms with van der Waals surface area (Å²) >= 11 is 0. The van der Waals surface area contributed by atoms with E-state index in [9.17, 15) is 4.57 Å². The van der Waals surface area contributed by atoms with Crippen molar-refractivity contribution in [2.45, 2.75) is 13.8 Å². The number of hydrogen-bond acceptors (Lipinski definition) is 3. The van der Waals surface area contributed by atoms with E-state index >= 15 is 0 Å². The smallest absolute Gasteiger partial charge is 0.317 e. The molecular formula is C7H18NO4P.